The molecule has 0 aliphatic heterocycles. The number of aromatic nitrogens is 2. The number of carbonyl (C=O) groups excluding carboxylic acids is 1. The van der Waals surface area contributed by atoms with Crippen molar-refractivity contribution < 1.29 is 27.6 Å². The quantitative estimate of drug-likeness (QED) is 0.371. The first-order valence-corrected chi connectivity index (χ1v) is 9.40. The van der Waals surface area contributed by atoms with E-state index < -0.39 is 28.3 Å². The number of alkyl halides is 3. The van der Waals surface area contributed by atoms with Crippen molar-refractivity contribution in [3.63, 3.8) is 0 Å². The number of nitro benzene ring substituents is 1. The van der Waals surface area contributed by atoms with Gasteiger partial charge in [0.1, 0.15) is 17.2 Å². The molecule has 0 fully saturated rings. The molecular formula is C19H14BrF3N4O4. The lowest BCUT2D eigenvalue weighted by atomic mass is 10.2. The summed E-state index contributed by atoms with van der Waals surface area (Å²) in [4.78, 5) is 23.2. The van der Waals surface area contributed by atoms with Crippen molar-refractivity contribution in [3.05, 3.63) is 74.0 Å². The second-order valence-corrected chi connectivity index (χ2v) is 7.22. The van der Waals surface area contributed by atoms with Crippen molar-refractivity contribution >= 4 is 33.2 Å². The van der Waals surface area contributed by atoms with Crippen LogP contribution in [0, 0.1) is 17.0 Å². The van der Waals surface area contributed by atoms with Gasteiger partial charge < -0.3 is 10.1 Å². The highest BCUT2D eigenvalue weighted by molar-refractivity contribution is 9.10. The number of rotatable bonds is 5. The van der Waals surface area contributed by atoms with E-state index in [0.29, 0.717) is 10.2 Å². The monoisotopic (exact) mass is 498 g/mol. The molecule has 0 spiro atoms. The van der Waals surface area contributed by atoms with Gasteiger partial charge in [-0.05, 0) is 41.1 Å². The fourth-order valence-corrected chi connectivity index (χ4v) is 3.28. The molecule has 2 aromatic carbocycles. The molecule has 8 nitrogen and oxygen atoms in total. The first-order chi connectivity index (χ1) is 14.5. The molecule has 31 heavy (non-hydrogen) atoms. The zero-order valence-corrected chi connectivity index (χ0v) is 17.6. The fraction of sp³-hybridized carbons (Fsp3) is 0.158. The minimum Gasteiger partial charge on any atom is -0.457 e. The number of hydrogen-bond donors (Lipinski definition) is 1. The predicted molar refractivity (Wildman–Crippen MR) is 108 cm³/mol. The van der Waals surface area contributed by atoms with Crippen molar-refractivity contribution in [2.45, 2.75) is 13.1 Å². The van der Waals surface area contributed by atoms with Crippen LogP contribution in [0.15, 0.2) is 46.9 Å². The number of aryl methyl sites for hydroxylation is 2. The number of nitro groups is 1. The van der Waals surface area contributed by atoms with Crippen molar-refractivity contribution in [1.29, 1.82) is 0 Å². The maximum atomic E-state index is 12.9. The predicted octanol–water partition coefficient (Wildman–Crippen LogP) is 5.46. The molecule has 1 heterocycles. The topological polar surface area (TPSA) is 99.3 Å². The Morgan fingerprint density at radius 1 is 1.23 bits per heavy atom. The second kappa shape index (κ2) is 8.38. The van der Waals surface area contributed by atoms with Crippen molar-refractivity contribution in [1.82, 2.24) is 9.78 Å². The molecule has 3 rings (SSSR count). The van der Waals surface area contributed by atoms with Crippen LogP contribution in [0.2, 0.25) is 0 Å². The third-order valence-electron chi connectivity index (χ3n) is 4.12. The Hall–Kier alpha value is -3.41. The van der Waals surface area contributed by atoms with Crippen LogP contribution < -0.4 is 10.1 Å². The molecule has 0 atom stereocenters. The molecule has 1 aromatic heterocycles. The average Bonchev–Trinajstić information content (AvgIpc) is 2.92. The van der Waals surface area contributed by atoms with Crippen molar-refractivity contribution in [2.75, 3.05) is 5.32 Å². The third kappa shape index (κ3) is 5.02. The van der Waals surface area contributed by atoms with E-state index in [9.17, 15) is 28.1 Å². The molecular weight excluding hydrogens is 485 g/mol. The molecule has 0 saturated carbocycles. The van der Waals surface area contributed by atoms with Crippen LogP contribution in [-0.4, -0.2) is 20.6 Å². The van der Waals surface area contributed by atoms with Gasteiger partial charge in [-0.3, -0.25) is 19.6 Å². The number of ether oxygens (including phenoxy) is 1. The Bertz CT molecular complexity index is 1180. The van der Waals surface area contributed by atoms with Crippen LogP contribution in [-0.2, 0) is 13.2 Å². The number of hydrogen-bond acceptors (Lipinski definition) is 5. The lowest BCUT2D eigenvalue weighted by Crippen LogP contribution is -2.16. The van der Waals surface area contributed by atoms with Gasteiger partial charge in [0, 0.05) is 19.2 Å². The maximum absolute atomic E-state index is 12.9. The minimum atomic E-state index is -4.57. The van der Waals surface area contributed by atoms with Gasteiger partial charge in [-0.2, -0.15) is 18.3 Å². The van der Waals surface area contributed by atoms with Gasteiger partial charge in [0.2, 0.25) is 0 Å². The number of amides is 1. The number of anilines is 1. The van der Waals surface area contributed by atoms with E-state index in [-0.39, 0.29) is 22.9 Å². The minimum absolute atomic E-state index is 0.0203. The van der Waals surface area contributed by atoms with Gasteiger partial charge in [0.25, 0.3) is 11.6 Å². The summed E-state index contributed by atoms with van der Waals surface area (Å²) < 4.78 is 45.9. The summed E-state index contributed by atoms with van der Waals surface area (Å²) in [5, 5.41) is 17.9. The summed E-state index contributed by atoms with van der Waals surface area (Å²) in [6.45, 7) is 1.69. The lowest BCUT2D eigenvalue weighted by molar-refractivity contribution is -0.384. The SMILES string of the molecule is Cc1nn(C)c(C(=O)Nc2cc(Oc3cccc(C(F)(F)F)c3)cc([N+](=O)[O-])c2)c1Br. The van der Waals surface area contributed by atoms with Gasteiger partial charge in [-0.1, -0.05) is 6.07 Å². The molecule has 1 amide bonds. The van der Waals surface area contributed by atoms with E-state index >= 15 is 0 Å². The number of halogens is 4. The second-order valence-electron chi connectivity index (χ2n) is 6.43. The number of benzene rings is 2. The van der Waals surface area contributed by atoms with Gasteiger partial charge >= 0.3 is 6.18 Å². The summed E-state index contributed by atoms with van der Waals surface area (Å²) in [6, 6.07) is 7.49. The molecule has 12 heteroatoms. The van der Waals surface area contributed by atoms with E-state index in [1.54, 1.807) is 14.0 Å². The third-order valence-corrected chi connectivity index (χ3v) is 5.07. The zero-order chi connectivity index (χ0) is 22.9. The Labute approximate surface area is 181 Å². The van der Waals surface area contributed by atoms with Crippen LogP contribution in [0.25, 0.3) is 0 Å². The average molecular weight is 499 g/mol. The van der Waals surface area contributed by atoms with Crippen LogP contribution in [0.5, 0.6) is 11.5 Å². The summed E-state index contributed by atoms with van der Waals surface area (Å²) in [5.41, 5.74) is -0.572. The van der Waals surface area contributed by atoms with E-state index in [1.807, 2.05) is 0 Å². The smallest absolute Gasteiger partial charge is 0.416 e. The summed E-state index contributed by atoms with van der Waals surface area (Å²) in [5.74, 6) is -0.887. The number of nitrogens with zero attached hydrogens (tertiary/aromatic N) is 3. The first-order valence-electron chi connectivity index (χ1n) is 8.60. The molecule has 0 unspecified atom stereocenters. The Kier molecular flexibility index (Phi) is 6.02. The molecule has 162 valence electrons. The molecule has 3 aromatic rings. The van der Waals surface area contributed by atoms with Crippen molar-refractivity contribution in [2.24, 2.45) is 7.05 Å². The van der Waals surface area contributed by atoms with E-state index in [4.69, 9.17) is 4.74 Å². The van der Waals surface area contributed by atoms with Crippen LogP contribution in [0.3, 0.4) is 0 Å². The van der Waals surface area contributed by atoms with E-state index in [2.05, 4.69) is 26.3 Å². The zero-order valence-electron chi connectivity index (χ0n) is 16.0. The van der Waals surface area contributed by atoms with Gasteiger partial charge in [0.15, 0.2) is 0 Å². The van der Waals surface area contributed by atoms with Gasteiger partial charge in [-0.25, -0.2) is 0 Å². The Morgan fingerprint density at radius 2 is 1.94 bits per heavy atom. The molecule has 0 radical (unpaired) electrons. The molecule has 0 bridgehead atoms. The Morgan fingerprint density at radius 3 is 2.52 bits per heavy atom. The van der Waals surface area contributed by atoms with E-state index in [0.717, 1.165) is 30.3 Å². The highest BCUT2D eigenvalue weighted by Crippen LogP contribution is 2.34. The van der Waals surface area contributed by atoms with Crippen molar-refractivity contribution in [3.8, 4) is 11.5 Å². The fourth-order valence-electron chi connectivity index (χ4n) is 2.76. The standard InChI is InChI=1S/C19H14BrF3N4O4/c1-10-16(20)17(26(2)25-10)18(28)24-12-7-13(27(29)30)9-15(8-12)31-14-5-3-4-11(6-14)19(21,22)23/h3-9H,1-2H3,(H,24,28). The first kappa shape index (κ1) is 22.3. The number of non-ortho nitro benzene ring substituents is 1. The molecule has 0 saturated heterocycles. The Balaban J connectivity index is 1.93. The highest BCUT2D eigenvalue weighted by Gasteiger charge is 2.30. The van der Waals surface area contributed by atoms with E-state index in [1.165, 1.54) is 16.8 Å². The summed E-state index contributed by atoms with van der Waals surface area (Å²) in [7, 11) is 1.56. The summed E-state index contributed by atoms with van der Waals surface area (Å²) >= 11 is 3.27. The lowest BCUT2D eigenvalue weighted by Gasteiger charge is -2.12. The number of carbonyl (C=O) groups is 1. The van der Waals surface area contributed by atoms with Crippen LogP contribution in [0.4, 0.5) is 24.5 Å². The van der Waals surface area contributed by atoms with Gasteiger partial charge in [-0.15, -0.1) is 0 Å². The normalized spacial score (nSPS) is 11.3. The largest absolute Gasteiger partial charge is 0.457 e. The highest BCUT2D eigenvalue weighted by atomic mass is 79.9. The van der Waals surface area contributed by atoms with Crippen LogP contribution in [0.1, 0.15) is 21.7 Å². The number of nitrogens with one attached hydrogen (secondary N) is 1. The molecule has 1 N–H and O–H groups in total. The van der Waals surface area contributed by atoms with Crippen LogP contribution >= 0.6 is 15.9 Å². The maximum Gasteiger partial charge on any atom is 0.416 e. The molecule has 0 aliphatic rings. The molecule has 0 aliphatic carbocycles. The summed E-state index contributed by atoms with van der Waals surface area (Å²) in [6.07, 6.45) is -4.57. The van der Waals surface area contributed by atoms with Gasteiger partial charge in [0.05, 0.1) is 32.4 Å².